The number of aromatic nitrogens is 1. The van der Waals surface area contributed by atoms with Crippen LogP contribution in [0.2, 0.25) is 0 Å². The van der Waals surface area contributed by atoms with E-state index in [1.807, 2.05) is 0 Å². The number of fused-ring (bicyclic) bond motifs is 1. The van der Waals surface area contributed by atoms with Gasteiger partial charge in [0.25, 0.3) is 0 Å². The van der Waals surface area contributed by atoms with Crippen LogP contribution in [0.4, 0.5) is 0 Å². The molecule has 3 rings (SSSR count). The number of nitrogens with one attached hydrogen (secondary N) is 1. The molecule has 1 heterocycles. The number of rotatable bonds is 3. The Morgan fingerprint density at radius 3 is 2.82 bits per heavy atom. The number of H-pyrrole nitrogens is 1. The first-order valence-electron chi connectivity index (χ1n) is 6.09. The average Bonchev–Trinajstić information content (AvgIpc) is 3.03. The molecule has 1 aliphatic carbocycles. The molecular formula is C14H15BrIN. The summed E-state index contributed by atoms with van der Waals surface area (Å²) in [7, 11) is 0. The van der Waals surface area contributed by atoms with Crippen molar-refractivity contribution in [2.45, 2.75) is 32.6 Å². The third kappa shape index (κ3) is 2.16. The smallest absolute Gasteiger partial charge is 0.0815 e. The van der Waals surface area contributed by atoms with Crippen LogP contribution < -0.4 is 0 Å². The molecule has 17 heavy (non-hydrogen) atoms. The molecular weight excluding hydrogens is 389 g/mol. The van der Waals surface area contributed by atoms with Crippen LogP contribution in [-0.2, 0) is 6.42 Å². The molecule has 0 bridgehead atoms. The topological polar surface area (TPSA) is 15.8 Å². The summed E-state index contributed by atoms with van der Waals surface area (Å²) < 4.78 is 2.48. The maximum Gasteiger partial charge on any atom is 0.0815 e. The van der Waals surface area contributed by atoms with Crippen molar-refractivity contribution in [2.75, 3.05) is 0 Å². The Bertz CT molecular complexity index is 569. The Kier molecular flexibility index (Phi) is 3.02. The van der Waals surface area contributed by atoms with Gasteiger partial charge in [0.05, 0.1) is 3.70 Å². The lowest BCUT2D eigenvalue weighted by atomic mass is 9.94. The Morgan fingerprint density at radius 1 is 1.41 bits per heavy atom. The Balaban J connectivity index is 2.08. The van der Waals surface area contributed by atoms with Gasteiger partial charge in [0.2, 0.25) is 0 Å². The molecule has 1 saturated carbocycles. The van der Waals surface area contributed by atoms with Crippen molar-refractivity contribution in [3.63, 3.8) is 0 Å². The van der Waals surface area contributed by atoms with Gasteiger partial charge in [-0.1, -0.05) is 29.3 Å². The summed E-state index contributed by atoms with van der Waals surface area (Å²) >= 11 is 6.01. The maximum absolute atomic E-state index is 3.57. The third-order valence-corrected chi connectivity index (χ3v) is 5.49. The highest BCUT2D eigenvalue weighted by molar-refractivity contribution is 14.1. The first kappa shape index (κ1) is 12.0. The SMILES string of the molecule is CCC1(Cc2c(I)[nH]c3ccc(Br)cc23)CC1. The normalized spacial score (nSPS) is 17.6. The zero-order valence-corrected chi connectivity index (χ0v) is 13.6. The second-order valence-electron chi connectivity index (χ2n) is 5.14. The van der Waals surface area contributed by atoms with Gasteiger partial charge in [-0.05, 0) is 71.0 Å². The average molecular weight is 404 g/mol. The van der Waals surface area contributed by atoms with Crippen molar-refractivity contribution in [3.8, 4) is 0 Å². The van der Waals surface area contributed by atoms with E-state index in [2.05, 4.69) is 68.6 Å². The second kappa shape index (κ2) is 4.26. The molecule has 1 fully saturated rings. The van der Waals surface area contributed by atoms with Crippen LogP contribution >= 0.6 is 38.5 Å². The predicted octanol–water partition coefficient (Wildman–Crippen LogP) is 5.27. The fraction of sp³-hybridized carbons (Fsp3) is 0.429. The first-order valence-corrected chi connectivity index (χ1v) is 7.96. The van der Waals surface area contributed by atoms with Gasteiger partial charge in [-0.3, -0.25) is 0 Å². The first-order chi connectivity index (χ1) is 8.13. The van der Waals surface area contributed by atoms with Crippen LogP contribution in [0.3, 0.4) is 0 Å². The summed E-state index contributed by atoms with van der Waals surface area (Å²) in [5.74, 6) is 0. The molecule has 0 spiro atoms. The largest absolute Gasteiger partial charge is 0.350 e. The lowest BCUT2D eigenvalue weighted by molar-refractivity contribution is 0.489. The van der Waals surface area contributed by atoms with Gasteiger partial charge in [-0.15, -0.1) is 0 Å². The van der Waals surface area contributed by atoms with Crippen LogP contribution in [-0.4, -0.2) is 4.98 Å². The Morgan fingerprint density at radius 2 is 2.18 bits per heavy atom. The molecule has 0 atom stereocenters. The zero-order valence-electron chi connectivity index (χ0n) is 9.82. The predicted molar refractivity (Wildman–Crippen MR) is 84.4 cm³/mol. The molecule has 3 heteroatoms. The second-order valence-corrected chi connectivity index (χ2v) is 7.13. The summed E-state index contributed by atoms with van der Waals surface area (Å²) in [5, 5.41) is 1.39. The van der Waals surface area contributed by atoms with Gasteiger partial charge in [0.15, 0.2) is 0 Å². The highest BCUT2D eigenvalue weighted by Gasteiger charge is 2.41. The van der Waals surface area contributed by atoms with Gasteiger partial charge in [0.1, 0.15) is 0 Å². The molecule has 0 aliphatic heterocycles. The molecule has 1 aromatic carbocycles. The van der Waals surface area contributed by atoms with Crippen LogP contribution in [0.1, 0.15) is 31.7 Å². The van der Waals surface area contributed by atoms with Gasteiger partial charge in [-0.2, -0.15) is 0 Å². The van der Waals surface area contributed by atoms with Crippen molar-refractivity contribution in [2.24, 2.45) is 5.41 Å². The van der Waals surface area contributed by atoms with E-state index in [-0.39, 0.29) is 0 Å². The minimum absolute atomic E-state index is 0.608. The standard InChI is InChI=1S/C14H15BrIN/c1-2-14(5-6-14)8-11-10-7-9(15)3-4-12(10)17-13(11)16/h3-4,7,17H,2,5-6,8H2,1H3. The van der Waals surface area contributed by atoms with E-state index in [1.54, 1.807) is 0 Å². The quantitative estimate of drug-likeness (QED) is 0.672. The molecule has 0 saturated heterocycles. The van der Waals surface area contributed by atoms with Gasteiger partial charge < -0.3 is 4.98 Å². The summed E-state index contributed by atoms with van der Waals surface area (Å²) in [6, 6.07) is 6.51. The molecule has 1 N–H and O–H groups in total. The lowest BCUT2D eigenvalue weighted by Crippen LogP contribution is -2.03. The summed E-state index contributed by atoms with van der Waals surface area (Å²) in [5.41, 5.74) is 3.39. The zero-order chi connectivity index (χ0) is 12.0. The number of halogens is 2. The summed E-state index contributed by atoms with van der Waals surface area (Å²) in [6.07, 6.45) is 5.35. The van der Waals surface area contributed by atoms with E-state index < -0.39 is 0 Å². The number of hydrogen-bond acceptors (Lipinski definition) is 0. The summed E-state index contributed by atoms with van der Waals surface area (Å²) in [4.78, 5) is 3.49. The fourth-order valence-electron chi connectivity index (χ4n) is 2.57. The van der Waals surface area contributed by atoms with Crippen molar-refractivity contribution in [1.82, 2.24) is 4.98 Å². The molecule has 1 aliphatic rings. The molecule has 0 amide bonds. The van der Waals surface area contributed by atoms with Gasteiger partial charge >= 0.3 is 0 Å². The number of hydrogen-bond donors (Lipinski definition) is 1. The van der Waals surface area contributed by atoms with Crippen LogP contribution in [0, 0.1) is 9.12 Å². The molecule has 1 aromatic heterocycles. The van der Waals surface area contributed by atoms with Crippen molar-refractivity contribution in [1.29, 1.82) is 0 Å². The van der Waals surface area contributed by atoms with E-state index in [0.29, 0.717) is 5.41 Å². The third-order valence-electron chi connectivity index (χ3n) is 4.07. The molecule has 1 nitrogen and oxygen atoms in total. The number of aromatic amines is 1. The van der Waals surface area contributed by atoms with Gasteiger partial charge in [-0.25, -0.2) is 0 Å². The van der Waals surface area contributed by atoms with E-state index in [9.17, 15) is 0 Å². The molecule has 0 unspecified atom stereocenters. The molecule has 0 radical (unpaired) electrons. The van der Waals surface area contributed by atoms with Crippen molar-refractivity contribution >= 4 is 49.4 Å². The highest BCUT2D eigenvalue weighted by atomic mass is 127. The van der Waals surface area contributed by atoms with Gasteiger partial charge in [0, 0.05) is 15.4 Å². The van der Waals surface area contributed by atoms with E-state index in [4.69, 9.17) is 0 Å². The van der Waals surface area contributed by atoms with Crippen molar-refractivity contribution < 1.29 is 0 Å². The minimum atomic E-state index is 0.608. The minimum Gasteiger partial charge on any atom is -0.350 e. The van der Waals surface area contributed by atoms with Crippen LogP contribution in [0.15, 0.2) is 22.7 Å². The Labute approximate surface area is 124 Å². The molecule has 90 valence electrons. The van der Waals surface area contributed by atoms with Crippen molar-refractivity contribution in [3.05, 3.63) is 31.9 Å². The maximum atomic E-state index is 3.57. The van der Waals surface area contributed by atoms with Crippen LogP contribution in [0.25, 0.3) is 10.9 Å². The summed E-state index contributed by atoms with van der Waals surface area (Å²) in [6.45, 7) is 2.32. The monoisotopic (exact) mass is 403 g/mol. The Hall–Kier alpha value is -0.0300. The van der Waals surface area contributed by atoms with E-state index in [1.165, 1.54) is 50.3 Å². The lowest BCUT2D eigenvalue weighted by Gasteiger charge is -2.11. The number of benzene rings is 1. The molecule has 2 aromatic rings. The van der Waals surface area contributed by atoms with E-state index in [0.717, 1.165) is 0 Å². The fourth-order valence-corrected chi connectivity index (χ4v) is 3.70. The van der Waals surface area contributed by atoms with E-state index >= 15 is 0 Å². The van der Waals surface area contributed by atoms with Crippen LogP contribution in [0.5, 0.6) is 0 Å². The highest BCUT2D eigenvalue weighted by Crippen LogP contribution is 2.52.